The van der Waals surface area contributed by atoms with Crippen LogP contribution in [0.4, 0.5) is 0 Å². The van der Waals surface area contributed by atoms with Gasteiger partial charge in [0.25, 0.3) is 0 Å². The first-order valence-electron chi connectivity index (χ1n) is 12.0. The fourth-order valence-electron chi connectivity index (χ4n) is 3.79. The molecule has 0 aliphatic carbocycles. The van der Waals surface area contributed by atoms with E-state index in [1.165, 1.54) is 0 Å². The van der Waals surface area contributed by atoms with Crippen molar-refractivity contribution in [2.24, 2.45) is 0 Å². The second-order valence-corrected chi connectivity index (χ2v) is 8.43. The molecule has 0 radical (unpaired) electrons. The molecule has 6 nitrogen and oxygen atoms in total. The Hall–Kier alpha value is -3.28. The van der Waals surface area contributed by atoms with Crippen molar-refractivity contribution in [2.75, 3.05) is 26.4 Å². The summed E-state index contributed by atoms with van der Waals surface area (Å²) in [7, 11) is 0. The number of hydrogen-bond acceptors (Lipinski definition) is 6. The van der Waals surface area contributed by atoms with Crippen LogP contribution in [0.3, 0.4) is 0 Å². The first-order chi connectivity index (χ1) is 16.5. The van der Waals surface area contributed by atoms with Gasteiger partial charge in [-0.15, -0.1) is 0 Å². The summed E-state index contributed by atoms with van der Waals surface area (Å²) in [4.78, 5) is 24.5. The van der Waals surface area contributed by atoms with Crippen molar-refractivity contribution in [1.29, 1.82) is 0 Å². The molecule has 3 rings (SSSR count). The van der Waals surface area contributed by atoms with Crippen molar-refractivity contribution in [3.05, 3.63) is 47.5 Å². The predicted molar refractivity (Wildman–Crippen MR) is 134 cm³/mol. The van der Waals surface area contributed by atoms with E-state index in [9.17, 15) is 9.59 Å². The first kappa shape index (κ1) is 25.3. The molecule has 3 aromatic rings. The maximum absolute atomic E-state index is 12.2. The maximum Gasteiger partial charge on any atom is 0.344 e. The molecule has 0 N–H and O–H groups in total. The highest BCUT2D eigenvalue weighted by Crippen LogP contribution is 2.44. The van der Waals surface area contributed by atoms with Crippen molar-refractivity contribution >= 4 is 33.5 Å². The number of hydrogen-bond donors (Lipinski definition) is 0. The van der Waals surface area contributed by atoms with Crippen LogP contribution in [-0.2, 0) is 19.1 Å². The molecule has 0 atom stereocenters. The third kappa shape index (κ3) is 6.19. The topological polar surface area (TPSA) is 71.1 Å². The zero-order valence-corrected chi connectivity index (χ0v) is 20.6. The minimum atomic E-state index is -0.398. The van der Waals surface area contributed by atoms with E-state index in [0.717, 1.165) is 58.4 Å². The summed E-state index contributed by atoms with van der Waals surface area (Å²) < 4.78 is 22.7. The average Bonchev–Trinajstić information content (AvgIpc) is 2.81. The Morgan fingerprint density at radius 1 is 0.735 bits per heavy atom. The van der Waals surface area contributed by atoms with Crippen LogP contribution in [0.25, 0.3) is 21.5 Å². The molecule has 0 aliphatic heterocycles. The van der Waals surface area contributed by atoms with Gasteiger partial charge in [-0.2, -0.15) is 0 Å². The summed E-state index contributed by atoms with van der Waals surface area (Å²) in [6, 6.07) is 11.8. The van der Waals surface area contributed by atoms with Crippen LogP contribution in [-0.4, -0.2) is 38.4 Å². The van der Waals surface area contributed by atoms with Crippen molar-refractivity contribution < 1.29 is 28.5 Å². The highest BCUT2D eigenvalue weighted by molar-refractivity contribution is 6.12. The van der Waals surface area contributed by atoms with Gasteiger partial charge in [0.05, 0.1) is 13.2 Å². The van der Waals surface area contributed by atoms with Crippen molar-refractivity contribution in [3.63, 3.8) is 0 Å². The fraction of sp³-hybridized carbons (Fsp3) is 0.429. The molecule has 182 valence electrons. The van der Waals surface area contributed by atoms with Gasteiger partial charge in [0.2, 0.25) is 0 Å². The lowest BCUT2D eigenvalue weighted by Crippen LogP contribution is -2.17. The molecule has 0 bridgehead atoms. The second-order valence-electron chi connectivity index (χ2n) is 8.43. The zero-order valence-electron chi connectivity index (χ0n) is 20.6. The molecule has 0 saturated heterocycles. The third-order valence-electron chi connectivity index (χ3n) is 5.60. The van der Waals surface area contributed by atoms with Gasteiger partial charge >= 0.3 is 11.9 Å². The van der Waals surface area contributed by atoms with E-state index in [0.29, 0.717) is 24.7 Å². The number of unbranched alkanes of at least 4 members (excludes halogenated alkanes) is 2. The fourth-order valence-corrected chi connectivity index (χ4v) is 3.79. The number of fused-ring (bicyclic) bond motifs is 2. The zero-order chi connectivity index (χ0) is 24.5. The lowest BCUT2D eigenvalue weighted by atomic mass is 9.96. The molecule has 34 heavy (non-hydrogen) atoms. The minimum absolute atomic E-state index is 0.180. The Morgan fingerprint density at radius 3 is 1.97 bits per heavy atom. The number of esters is 2. The normalized spacial score (nSPS) is 10.9. The summed E-state index contributed by atoms with van der Waals surface area (Å²) in [6.45, 7) is 8.48. The Kier molecular flexibility index (Phi) is 9.14. The summed E-state index contributed by atoms with van der Waals surface area (Å²) in [5, 5.41) is 3.28. The Bertz CT molecular complexity index is 1150. The number of carbonyl (C=O) groups is 2. The smallest absolute Gasteiger partial charge is 0.344 e. The van der Waals surface area contributed by atoms with Gasteiger partial charge in [0.1, 0.15) is 11.5 Å². The van der Waals surface area contributed by atoms with Crippen LogP contribution in [0.5, 0.6) is 11.5 Å². The van der Waals surface area contributed by atoms with Gasteiger partial charge in [0.15, 0.2) is 13.2 Å². The monoisotopic (exact) mass is 466 g/mol. The molecule has 0 aliphatic rings. The van der Waals surface area contributed by atoms with Gasteiger partial charge in [0, 0.05) is 21.5 Å². The van der Waals surface area contributed by atoms with E-state index in [4.69, 9.17) is 18.9 Å². The first-order valence-corrected chi connectivity index (χ1v) is 12.0. The van der Waals surface area contributed by atoms with Gasteiger partial charge in [-0.3, -0.25) is 0 Å². The Morgan fingerprint density at radius 2 is 1.35 bits per heavy atom. The van der Waals surface area contributed by atoms with Gasteiger partial charge in [-0.05, 0) is 38.3 Å². The molecule has 0 aromatic heterocycles. The average molecular weight is 467 g/mol. The molecular weight excluding hydrogens is 432 g/mol. The van der Waals surface area contributed by atoms with Crippen LogP contribution < -0.4 is 9.47 Å². The Labute approximate surface area is 201 Å². The summed E-state index contributed by atoms with van der Waals surface area (Å²) in [5.74, 6) is 0.409. The molecule has 0 saturated carbocycles. The van der Waals surface area contributed by atoms with Crippen molar-refractivity contribution in [1.82, 2.24) is 0 Å². The van der Waals surface area contributed by atoms with Crippen molar-refractivity contribution in [3.8, 4) is 11.5 Å². The van der Waals surface area contributed by atoms with Gasteiger partial charge in [-0.1, -0.05) is 62.6 Å². The number of rotatable bonds is 12. The van der Waals surface area contributed by atoms with E-state index < -0.39 is 11.9 Å². The minimum Gasteiger partial charge on any atom is -0.481 e. The molecule has 0 amide bonds. The van der Waals surface area contributed by atoms with Crippen LogP contribution in [0, 0.1) is 13.8 Å². The SMILES string of the molecule is CCCCOC(=O)COc1c2cc(C)ccc2c(OCC(=O)OCCCC)c2c(C)cccc12. The third-order valence-corrected chi connectivity index (χ3v) is 5.60. The van der Waals surface area contributed by atoms with E-state index in [1.54, 1.807) is 0 Å². The molecule has 0 heterocycles. The highest BCUT2D eigenvalue weighted by Gasteiger charge is 2.20. The molecule has 6 heteroatoms. The lowest BCUT2D eigenvalue weighted by Gasteiger charge is -2.19. The lowest BCUT2D eigenvalue weighted by molar-refractivity contribution is -0.146. The van der Waals surface area contributed by atoms with Crippen LogP contribution >= 0.6 is 0 Å². The van der Waals surface area contributed by atoms with Crippen LogP contribution in [0.1, 0.15) is 50.7 Å². The quantitative estimate of drug-likeness (QED) is 0.184. The van der Waals surface area contributed by atoms with Crippen LogP contribution in [0.15, 0.2) is 36.4 Å². The van der Waals surface area contributed by atoms with Crippen LogP contribution in [0.2, 0.25) is 0 Å². The van der Waals surface area contributed by atoms with Crippen molar-refractivity contribution in [2.45, 2.75) is 53.4 Å². The predicted octanol–water partition coefficient (Wildman–Crippen LogP) is 6.05. The van der Waals surface area contributed by atoms with Gasteiger partial charge < -0.3 is 18.9 Å². The highest BCUT2D eigenvalue weighted by atomic mass is 16.6. The van der Waals surface area contributed by atoms with Gasteiger partial charge in [-0.25, -0.2) is 9.59 Å². The molecule has 0 fully saturated rings. The van der Waals surface area contributed by atoms with E-state index in [2.05, 4.69) is 0 Å². The second kappa shape index (κ2) is 12.3. The van der Waals surface area contributed by atoms with E-state index in [1.807, 2.05) is 64.1 Å². The number of aryl methyl sites for hydroxylation is 2. The summed E-state index contributed by atoms with van der Waals surface area (Å²) in [5.41, 5.74) is 2.02. The summed E-state index contributed by atoms with van der Waals surface area (Å²) in [6.07, 6.45) is 3.55. The van der Waals surface area contributed by atoms with E-state index in [-0.39, 0.29) is 13.2 Å². The maximum atomic E-state index is 12.2. The molecule has 0 unspecified atom stereocenters. The molecule has 0 spiro atoms. The number of ether oxygens (including phenoxy) is 4. The Balaban J connectivity index is 2.00. The number of benzene rings is 3. The summed E-state index contributed by atoms with van der Waals surface area (Å²) >= 11 is 0. The molecule has 3 aromatic carbocycles. The molecular formula is C28H34O6. The number of carbonyl (C=O) groups excluding carboxylic acids is 2. The largest absolute Gasteiger partial charge is 0.481 e. The standard InChI is InChI=1S/C28H34O6/c1-5-7-14-31-24(29)17-33-27-22-11-9-10-20(4)26(22)28(21-13-12-19(3)16-23(21)27)34-18-25(30)32-15-8-6-2/h9-13,16H,5-8,14-15,17-18H2,1-4H3. The van der Waals surface area contributed by atoms with E-state index >= 15 is 0 Å².